The molecule has 1 fully saturated rings. The highest BCUT2D eigenvalue weighted by atomic mass is 32.2. The minimum Gasteiger partial charge on any atom is -0.242 e. The van der Waals surface area contributed by atoms with Crippen molar-refractivity contribution in [3.05, 3.63) is 30.2 Å². The zero-order valence-corrected chi connectivity index (χ0v) is 12.9. The van der Waals surface area contributed by atoms with Crippen LogP contribution in [0.5, 0.6) is 0 Å². The van der Waals surface area contributed by atoms with Crippen LogP contribution in [-0.4, -0.2) is 23.6 Å². The van der Waals surface area contributed by atoms with Crippen LogP contribution in [0.3, 0.4) is 0 Å². The highest BCUT2D eigenvalue weighted by Gasteiger charge is 2.35. The fraction of sp³-hybridized carbons (Fsp3) is 0.571. The molecule has 0 saturated heterocycles. The second-order valence-electron chi connectivity index (χ2n) is 6.33. The molecule has 1 N–H and O–H groups in total. The lowest BCUT2D eigenvalue weighted by Crippen LogP contribution is -2.36. The maximum atomic E-state index is 12.4. The molecule has 0 aromatic carbocycles. The van der Waals surface area contributed by atoms with Gasteiger partial charge in [-0.3, -0.25) is 0 Å². The van der Waals surface area contributed by atoms with Gasteiger partial charge in [-0.2, -0.15) is 5.10 Å². The molecule has 108 valence electrons. The van der Waals surface area contributed by atoms with Crippen LogP contribution in [0, 0.1) is 5.92 Å². The summed E-state index contributed by atoms with van der Waals surface area (Å²) in [6, 6.07) is 2.13. The van der Waals surface area contributed by atoms with Crippen LogP contribution in [0.4, 0.5) is 0 Å². The van der Waals surface area contributed by atoms with Crippen molar-refractivity contribution in [2.45, 2.75) is 44.4 Å². The predicted molar refractivity (Wildman–Crippen MR) is 79.5 cm³/mol. The number of hydrogen-bond acceptors (Lipinski definition) is 3. The Morgan fingerprint density at radius 1 is 1.45 bits per heavy atom. The number of imidazole rings is 1. The van der Waals surface area contributed by atoms with Gasteiger partial charge >= 0.3 is 0 Å². The Kier molecular flexibility index (Phi) is 3.38. The normalized spacial score (nSPS) is 19.1. The van der Waals surface area contributed by atoms with Crippen LogP contribution in [0.2, 0.25) is 0 Å². The van der Waals surface area contributed by atoms with Crippen LogP contribution < -0.4 is 4.72 Å². The van der Waals surface area contributed by atoms with Gasteiger partial charge in [0, 0.05) is 18.4 Å². The van der Waals surface area contributed by atoms with Gasteiger partial charge in [0.1, 0.15) is 0 Å². The van der Waals surface area contributed by atoms with Gasteiger partial charge in [-0.05, 0) is 51.2 Å². The van der Waals surface area contributed by atoms with E-state index in [-0.39, 0.29) is 10.8 Å². The summed E-state index contributed by atoms with van der Waals surface area (Å²) in [5, 5.41) is 4.36. The molecule has 1 saturated carbocycles. The molecule has 3 rings (SSSR count). The van der Waals surface area contributed by atoms with E-state index in [1.807, 2.05) is 39.2 Å². The summed E-state index contributed by atoms with van der Waals surface area (Å²) in [5.41, 5.74) is 1.90. The number of rotatable bonds is 4. The predicted octanol–water partition coefficient (Wildman–Crippen LogP) is 2.23. The van der Waals surface area contributed by atoms with Gasteiger partial charge in [-0.1, -0.05) is 0 Å². The number of hydrogen-bond donors (Lipinski definition) is 1. The Hall–Kier alpha value is -1.27. The first-order valence-electron chi connectivity index (χ1n) is 6.92. The number of nitrogens with one attached hydrogen (secondary N) is 1. The van der Waals surface area contributed by atoms with Gasteiger partial charge in [0.2, 0.25) is 0 Å². The molecule has 1 unspecified atom stereocenters. The lowest BCUT2D eigenvalue weighted by atomic mass is 10.1. The molecular weight excluding hydrogens is 272 g/mol. The lowest BCUT2D eigenvalue weighted by Gasteiger charge is -2.24. The van der Waals surface area contributed by atoms with Crippen molar-refractivity contribution in [1.82, 2.24) is 19.3 Å². The standard InChI is InChI=1S/C14H20N4OS/c1-14(2,3)20(19)17-13(10-4-5-10)11-8-12-15-6-7-18(12)16-9-11/h6-10,13,17H,4-5H2,1-3H3/t13?,20-/m0/s1. The van der Waals surface area contributed by atoms with Crippen LogP contribution in [0.15, 0.2) is 24.7 Å². The second-order valence-corrected chi connectivity index (χ2v) is 8.33. The van der Waals surface area contributed by atoms with Crippen molar-refractivity contribution in [1.29, 1.82) is 0 Å². The maximum absolute atomic E-state index is 12.4. The van der Waals surface area contributed by atoms with Crippen molar-refractivity contribution >= 4 is 16.6 Å². The molecule has 2 aromatic rings. The van der Waals surface area contributed by atoms with E-state index in [1.165, 1.54) is 12.8 Å². The summed E-state index contributed by atoms with van der Waals surface area (Å²) in [5.74, 6) is 0.556. The van der Waals surface area contributed by atoms with Crippen LogP contribution in [-0.2, 0) is 11.0 Å². The highest BCUT2D eigenvalue weighted by molar-refractivity contribution is 7.84. The Bertz CT molecular complexity index is 642. The van der Waals surface area contributed by atoms with Crippen molar-refractivity contribution in [3.63, 3.8) is 0 Å². The summed E-state index contributed by atoms with van der Waals surface area (Å²) >= 11 is 0. The Balaban J connectivity index is 1.88. The van der Waals surface area contributed by atoms with E-state index in [4.69, 9.17) is 0 Å². The third-order valence-corrected chi connectivity index (χ3v) is 5.10. The average molecular weight is 292 g/mol. The van der Waals surface area contributed by atoms with Gasteiger partial charge in [-0.25, -0.2) is 18.4 Å². The Morgan fingerprint density at radius 2 is 2.20 bits per heavy atom. The SMILES string of the molecule is CC(C)(C)[S@](=O)NC(c1cnn2ccnc2c1)C1CC1. The topological polar surface area (TPSA) is 59.3 Å². The maximum Gasteiger partial charge on any atom is 0.153 e. The van der Waals surface area contributed by atoms with Gasteiger partial charge in [0.05, 0.1) is 21.9 Å². The van der Waals surface area contributed by atoms with Crippen molar-refractivity contribution in [2.75, 3.05) is 0 Å². The van der Waals surface area contributed by atoms with Crippen LogP contribution in [0.1, 0.15) is 45.2 Å². The second kappa shape index (κ2) is 4.93. The molecule has 0 bridgehead atoms. The summed E-state index contributed by atoms with van der Waals surface area (Å²) in [6.07, 6.45) is 7.77. The van der Waals surface area contributed by atoms with E-state index in [1.54, 1.807) is 10.7 Å². The van der Waals surface area contributed by atoms with E-state index in [0.717, 1.165) is 11.2 Å². The molecule has 2 atom stereocenters. The number of nitrogens with zero attached hydrogens (tertiary/aromatic N) is 3. The first-order chi connectivity index (χ1) is 9.45. The minimum atomic E-state index is -1.08. The molecule has 0 aliphatic heterocycles. The zero-order chi connectivity index (χ0) is 14.3. The van der Waals surface area contributed by atoms with Crippen molar-refractivity contribution < 1.29 is 4.21 Å². The van der Waals surface area contributed by atoms with Gasteiger partial charge < -0.3 is 0 Å². The number of aromatic nitrogens is 3. The zero-order valence-electron chi connectivity index (χ0n) is 12.0. The molecule has 0 radical (unpaired) electrons. The fourth-order valence-electron chi connectivity index (χ4n) is 2.15. The van der Waals surface area contributed by atoms with Crippen LogP contribution in [0.25, 0.3) is 5.65 Å². The first kappa shape index (κ1) is 13.7. The molecule has 1 aliphatic rings. The molecule has 0 spiro atoms. The van der Waals surface area contributed by atoms with Crippen molar-refractivity contribution in [2.24, 2.45) is 5.92 Å². The van der Waals surface area contributed by atoms with Crippen LogP contribution >= 0.6 is 0 Å². The lowest BCUT2D eigenvalue weighted by molar-refractivity contribution is 0.554. The molecule has 2 aromatic heterocycles. The minimum absolute atomic E-state index is 0.101. The highest BCUT2D eigenvalue weighted by Crippen LogP contribution is 2.41. The van der Waals surface area contributed by atoms with Gasteiger partial charge in [0.25, 0.3) is 0 Å². The van der Waals surface area contributed by atoms with E-state index in [9.17, 15) is 4.21 Å². The first-order valence-corrected chi connectivity index (χ1v) is 8.07. The molecule has 0 amide bonds. The Labute approximate surface area is 121 Å². The van der Waals surface area contributed by atoms with E-state index >= 15 is 0 Å². The summed E-state index contributed by atoms with van der Waals surface area (Å²) in [6.45, 7) is 5.95. The third kappa shape index (κ3) is 2.76. The van der Waals surface area contributed by atoms with E-state index in [2.05, 4.69) is 14.8 Å². The molecule has 5 nitrogen and oxygen atoms in total. The molecule has 6 heteroatoms. The van der Waals surface area contributed by atoms with Gasteiger partial charge in [-0.15, -0.1) is 0 Å². The summed E-state index contributed by atoms with van der Waals surface area (Å²) in [4.78, 5) is 4.27. The molecular formula is C14H20N4OS. The smallest absolute Gasteiger partial charge is 0.153 e. The molecule has 20 heavy (non-hydrogen) atoms. The number of fused-ring (bicyclic) bond motifs is 1. The van der Waals surface area contributed by atoms with Gasteiger partial charge in [0.15, 0.2) is 5.65 Å². The molecule has 2 heterocycles. The molecule has 1 aliphatic carbocycles. The average Bonchev–Trinajstić information content (AvgIpc) is 3.11. The fourth-order valence-corrected chi connectivity index (χ4v) is 3.07. The summed E-state index contributed by atoms with van der Waals surface area (Å²) < 4.78 is 17.1. The largest absolute Gasteiger partial charge is 0.242 e. The summed E-state index contributed by atoms with van der Waals surface area (Å²) in [7, 11) is -1.08. The quantitative estimate of drug-likeness (QED) is 0.940. The Morgan fingerprint density at radius 3 is 2.85 bits per heavy atom. The third-order valence-electron chi connectivity index (χ3n) is 3.52. The van der Waals surface area contributed by atoms with Crippen molar-refractivity contribution in [3.8, 4) is 0 Å². The van der Waals surface area contributed by atoms with E-state index < -0.39 is 11.0 Å². The monoisotopic (exact) mass is 292 g/mol. The van der Waals surface area contributed by atoms with E-state index in [0.29, 0.717) is 5.92 Å².